The molecular weight excluding hydrogens is 416 g/mol. The van der Waals surface area contributed by atoms with Gasteiger partial charge in [0.25, 0.3) is 0 Å². The number of benzene rings is 3. The highest BCUT2D eigenvalue weighted by atomic mass is 16.2. The van der Waals surface area contributed by atoms with Gasteiger partial charge < -0.3 is 10.6 Å². The van der Waals surface area contributed by atoms with Crippen LogP contribution < -0.4 is 10.6 Å². The Morgan fingerprint density at radius 1 is 0.853 bits per heavy atom. The zero-order valence-electron chi connectivity index (χ0n) is 20.1. The molecule has 3 aromatic carbocycles. The Balaban J connectivity index is 1.26. The smallest absolute Gasteiger partial charge is 0.239 e. The van der Waals surface area contributed by atoms with Crippen molar-refractivity contribution < 1.29 is 4.79 Å². The maximum atomic E-state index is 12.9. The molecular formula is C31H34N2O. The number of allylic oxidation sites excluding steroid dienone is 1. The van der Waals surface area contributed by atoms with E-state index in [1.807, 2.05) is 0 Å². The van der Waals surface area contributed by atoms with Crippen LogP contribution >= 0.6 is 0 Å². The molecule has 1 amide bonds. The van der Waals surface area contributed by atoms with Gasteiger partial charge in [0.2, 0.25) is 5.91 Å². The summed E-state index contributed by atoms with van der Waals surface area (Å²) in [6, 6.07) is 26.2. The number of hydrogen-bond donors (Lipinski definition) is 2. The zero-order chi connectivity index (χ0) is 23.3. The molecule has 0 spiro atoms. The molecule has 0 saturated heterocycles. The standard InChI is InChI=1S/C31H34N2O/c1-2-22-13-15-23(16-14-22)24-17-19-27(20-18-24)31(26-9-5-10-26)32-21-30(34)33-29-12-6-8-25-7-3-4-11-28(25)29/h3-4,7,11,13-20,29,32H,2,5-6,8-10,12,21H2,1H3,(H,33,34). The predicted molar refractivity (Wildman–Crippen MR) is 140 cm³/mol. The second kappa shape index (κ2) is 10.3. The third-order valence-electron chi connectivity index (χ3n) is 7.31. The normalized spacial score (nSPS) is 16.9. The van der Waals surface area contributed by atoms with Gasteiger partial charge in [0, 0.05) is 5.70 Å². The van der Waals surface area contributed by atoms with E-state index in [1.165, 1.54) is 45.4 Å². The minimum absolute atomic E-state index is 0.0618. The lowest BCUT2D eigenvalue weighted by molar-refractivity contribution is -0.120. The molecule has 3 nitrogen and oxygen atoms in total. The summed E-state index contributed by atoms with van der Waals surface area (Å²) in [4.78, 5) is 12.9. The summed E-state index contributed by atoms with van der Waals surface area (Å²) in [5.41, 5.74) is 10.2. The molecule has 0 radical (unpaired) electrons. The van der Waals surface area contributed by atoms with E-state index in [-0.39, 0.29) is 11.9 Å². The molecule has 1 fully saturated rings. The molecule has 5 rings (SSSR count). The van der Waals surface area contributed by atoms with E-state index in [4.69, 9.17) is 0 Å². The molecule has 174 valence electrons. The number of carbonyl (C=O) groups excluding carboxylic acids is 1. The van der Waals surface area contributed by atoms with Gasteiger partial charge in [-0.05, 0) is 83.9 Å². The van der Waals surface area contributed by atoms with Crippen LogP contribution in [0.5, 0.6) is 0 Å². The maximum absolute atomic E-state index is 12.9. The molecule has 0 aliphatic heterocycles. The lowest BCUT2D eigenvalue weighted by Crippen LogP contribution is -2.37. The number of hydrogen-bond acceptors (Lipinski definition) is 2. The first-order valence-electron chi connectivity index (χ1n) is 12.7. The number of nitrogens with one attached hydrogen (secondary N) is 2. The lowest BCUT2D eigenvalue weighted by Gasteiger charge is -2.27. The first-order valence-corrected chi connectivity index (χ1v) is 12.7. The van der Waals surface area contributed by atoms with E-state index in [0.717, 1.165) is 44.2 Å². The van der Waals surface area contributed by atoms with Gasteiger partial charge in [-0.15, -0.1) is 0 Å². The molecule has 2 aliphatic carbocycles. The first kappa shape index (κ1) is 22.5. The Morgan fingerprint density at radius 3 is 2.24 bits per heavy atom. The summed E-state index contributed by atoms with van der Waals surface area (Å²) in [6.45, 7) is 2.48. The monoisotopic (exact) mass is 450 g/mol. The van der Waals surface area contributed by atoms with E-state index < -0.39 is 0 Å². The highest BCUT2D eigenvalue weighted by molar-refractivity contribution is 5.81. The number of aryl methyl sites for hydroxylation is 2. The predicted octanol–water partition coefficient (Wildman–Crippen LogP) is 6.59. The van der Waals surface area contributed by atoms with Crippen molar-refractivity contribution in [1.29, 1.82) is 0 Å². The van der Waals surface area contributed by atoms with Crippen molar-refractivity contribution in [3.63, 3.8) is 0 Å². The lowest BCUT2D eigenvalue weighted by atomic mass is 9.87. The minimum Gasteiger partial charge on any atom is -0.376 e. The SMILES string of the molecule is CCc1ccc(-c2ccc(C(NCC(=O)NC3CCCc4ccccc43)=C3CCC3)cc2)cc1. The van der Waals surface area contributed by atoms with Crippen molar-refractivity contribution in [2.24, 2.45) is 0 Å². The Kier molecular flexibility index (Phi) is 6.80. The highest BCUT2D eigenvalue weighted by Gasteiger charge is 2.22. The minimum atomic E-state index is 0.0618. The molecule has 2 aliphatic rings. The van der Waals surface area contributed by atoms with Crippen LogP contribution in [0.1, 0.15) is 67.3 Å². The number of fused-ring (bicyclic) bond motifs is 1. The van der Waals surface area contributed by atoms with Crippen LogP contribution in [0.25, 0.3) is 16.8 Å². The van der Waals surface area contributed by atoms with Gasteiger partial charge in [0.1, 0.15) is 0 Å². The van der Waals surface area contributed by atoms with E-state index >= 15 is 0 Å². The third kappa shape index (κ3) is 4.94. The van der Waals surface area contributed by atoms with Gasteiger partial charge in [0.05, 0.1) is 12.6 Å². The highest BCUT2D eigenvalue weighted by Crippen LogP contribution is 2.33. The summed E-state index contributed by atoms with van der Waals surface area (Å²) in [5.74, 6) is 0.0618. The van der Waals surface area contributed by atoms with Crippen LogP contribution in [0.2, 0.25) is 0 Å². The second-order valence-electron chi connectivity index (χ2n) is 9.52. The Hall–Kier alpha value is -3.33. The molecule has 34 heavy (non-hydrogen) atoms. The summed E-state index contributed by atoms with van der Waals surface area (Å²) in [6.07, 6.45) is 7.75. The van der Waals surface area contributed by atoms with Crippen LogP contribution in [-0.4, -0.2) is 12.5 Å². The van der Waals surface area contributed by atoms with Crippen LogP contribution in [0, 0.1) is 0 Å². The molecule has 3 aromatic rings. The molecule has 0 aromatic heterocycles. The number of rotatable bonds is 7. The second-order valence-corrected chi connectivity index (χ2v) is 9.52. The van der Waals surface area contributed by atoms with Crippen LogP contribution in [0.4, 0.5) is 0 Å². The Labute approximate surface area is 203 Å². The molecule has 1 saturated carbocycles. The maximum Gasteiger partial charge on any atom is 0.239 e. The fourth-order valence-corrected chi connectivity index (χ4v) is 5.11. The van der Waals surface area contributed by atoms with Crippen LogP contribution in [-0.2, 0) is 17.6 Å². The fraction of sp³-hybridized carbons (Fsp3) is 0.323. The molecule has 2 N–H and O–H groups in total. The first-order chi connectivity index (χ1) is 16.7. The van der Waals surface area contributed by atoms with Crippen molar-refractivity contribution >= 4 is 11.6 Å². The zero-order valence-corrected chi connectivity index (χ0v) is 20.1. The van der Waals surface area contributed by atoms with Gasteiger partial charge in [-0.1, -0.05) is 79.7 Å². The number of amides is 1. The largest absolute Gasteiger partial charge is 0.376 e. The van der Waals surface area contributed by atoms with Crippen molar-refractivity contribution in [2.75, 3.05) is 6.54 Å². The topological polar surface area (TPSA) is 41.1 Å². The molecule has 1 unspecified atom stereocenters. The van der Waals surface area contributed by atoms with E-state index in [0.29, 0.717) is 6.54 Å². The van der Waals surface area contributed by atoms with Crippen molar-refractivity contribution in [3.05, 3.63) is 101 Å². The van der Waals surface area contributed by atoms with Crippen molar-refractivity contribution in [3.8, 4) is 11.1 Å². The van der Waals surface area contributed by atoms with E-state index in [1.54, 1.807) is 0 Å². The van der Waals surface area contributed by atoms with Crippen LogP contribution in [0.15, 0.2) is 78.4 Å². The van der Waals surface area contributed by atoms with Gasteiger partial charge in [0.15, 0.2) is 0 Å². The van der Waals surface area contributed by atoms with Gasteiger partial charge in [-0.2, -0.15) is 0 Å². The van der Waals surface area contributed by atoms with Crippen molar-refractivity contribution in [1.82, 2.24) is 10.6 Å². The third-order valence-corrected chi connectivity index (χ3v) is 7.31. The average Bonchev–Trinajstić information content (AvgIpc) is 2.86. The van der Waals surface area contributed by atoms with Gasteiger partial charge >= 0.3 is 0 Å². The summed E-state index contributed by atoms with van der Waals surface area (Å²) in [5, 5.41) is 6.77. The molecule has 0 bridgehead atoms. The van der Waals surface area contributed by atoms with E-state index in [9.17, 15) is 4.79 Å². The van der Waals surface area contributed by atoms with Gasteiger partial charge in [-0.25, -0.2) is 0 Å². The Morgan fingerprint density at radius 2 is 1.56 bits per heavy atom. The van der Waals surface area contributed by atoms with Crippen molar-refractivity contribution in [2.45, 2.75) is 57.9 Å². The average molecular weight is 451 g/mol. The summed E-state index contributed by atoms with van der Waals surface area (Å²) in [7, 11) is 0. The summed E-state index contributed by atoms with van der Waals surface area (Å²) >= 11 is 0. The molecule has 0 heterocycles. The molecule has 3 heteroatoms. The summed E-state index contributed by atoms with van der Waals surface area (Å²) < 4.78 is 0. The quantitative estimate of drug-likeness (QED) is 0.426. The number of carbonyl (C=O) groups is 1. The Bertz CT molecular complexity index is 1170. The fourth-order valence-electron chi connectivity index (χ4n) is 5.11. The van der Waals surface area contributed by atoms with Crippen LogP contribution in [0.3, 0.4) is 0 Å². The molecule has 1 atom stereocenters. The van der Waals surface area contributed by atoms with Gasteiger partial charge in [-0.3, -0.25) is 4.79 Å². The van der Waals surface area contributed by atoms with E-state index in [2.05, 4.69) is 90.4 Å².